The summed E-state index contributed by atoms with van der Waals surface area (Å²) in [7, 11) is -3.87. The number of aromatic carboxylic acids is 1. The summed E-state index contributed by atoms with van der Waals surface area (Å²) in [6, 6.07) is 3.41. The van der Waals surface area contributed by atoms with E-state index in [0.29, 0.717) is 0 Å². The molecule has 1 aromatic carbocycles. The fourth-order valence-corrected chi connectivity index (χ4v) is 4.61. The van der Waals surface area contributed by atoms with E-state index in [1.54, 1.807) is 0 Å². The van der Waals surface area contributed by atoms with Gasteiger partial charge in [0, 0.05) is 6.04 Å². The summed E-state index contributed by atoms with van der Waals surface area (Å²) in [5.41, 5.74) is -0.456. The van der Waals surface area contributed by atoms with Gasteiger partial charge in [-0.2, -0.15) is 0 Å². The maximum absolute atomic E-state index is 12.5. The van der Waals surface area contributed by atoms with E-state index in [0.717, 1.165) is 6.07 Å². The minimum absolute atomic E-state index is 0.00348. The molecule has 0 amide bonds. The quantitative estimate of drug-likeness (QED) is 0.888. The molecule has 1 aromatic rings. The van der Waals surface area contributed by atoms with Crippen molar-refractivity contribution < 1.29 is 18.3 Å². The first-order chi connectivity index (χ1) is 9.41. The van der Waals surface area contributed by atoms with Gasteiger partial charge in [0.15, 0.2) is 0 Å². The average Bonchev–Trinajstić information content (AvgIpc) is 2.71. The molecule has 0 saturated heterocycles. The Bertz CT molecular complexity index is 696. The summed E-state index contributed by atoms with van der Waals surface area (Å²) in [4.78, 5) is 10.8. The van der Waals surface area contributed by atoms with Gasteiger partial charge in [-0.1, -0.05) is 39.3 Å². The van der Waals surface area contributed by atoms with Crippen molar-refractivity contribution in [3.8, 4) is 0 Å². The number of hydrogen-bond donors (Lipinski definition) is 2. The first kappa shape index (κ1) is 16.3. The van der Waals surface area contributed by atoms with E-state index in [9.17, 15) is 13.2 Å². The molecule has 0 spiro atoms. The van der Waals surface area contributed by atoms with Crippen molar-refractivity contribution in [2.75, 3.05) is 0 Å². The number of sulfonamides is 1. The Morgan fingerprint density at radius 1 is 1.24 bits per heavy atom. The van der Waals surface area contributed by atoms with Gasteiger partial charge in [-0.05, 0) is 29.0 Å². The molecule has 0 aromatic heterocycles. The Labute approximate surface area is 129 Å². The highest BCUT2D eigenvalue weighted by molar-refractivity contribution is 7.89. The standard InChI is InChI=1S/C14H18ClNO4S/c1-13(2)12(14(13,3)4)16-21(19,20)10-7-8(11(17)18)5-6-9(10)15/h5-7,12,16H,1-4H3,(H,17,18). The minimum Gasteiger partial charge on any atom is -0.478 e. The maximum Gasteiger partial charge on any atom is 0.335 e. The van der Waals surface area contributed by atoms with Crippen molar-refractivity contribution >= 4 is 27.6 Å². The van der Waals surface area contributed by atoms with Gasteiger partial charge < -0.3 is 5.11 Å². The second kappa shape index (κ2) is 4.69. The van der Waals surface area contributed by atoms with E-state index in [-0.39, 0.29) is 32.4 Å². The highest BCUT2D eigenvalue weighted by atomic mass is 35.5. The van der Waals surface area contributed by atoms with Crippen LogP contribution in [0.4, 0.5) is 0 Å². The van der Waals surface area contributed by atoms with Gasteiger partial charge in [-0.3, -0.25) is 0 Å². The van der Waals surface area contributed by atoms with Crippen LogP contribution in [0.1, 0.15) is 38.1 Å². The van der Waals surface area contributed by atoms with E-state index in [2.05, 4.69) is 4.72 Å². The van der Waals surface area contributed by atoms with Crippen molar-refractivity contribution in [3.05, 3.63) is 28.8 Å². The van der Waals surface area contributed by atoms with E-state index in [1.807, 2.05) is 27.7 Å². The topological polar surface area (TPSA) is 83.5 Å². The molecule has 116 valence electrons. The second-order valence-corrected chi connectivity index (χ2v) is 8.54. The van der Waals surface area contributed by atoms with Crippen molar-refractivity contribution in [2.24, 2.45) is 10.8 Å². The Morgan fingerprint density at radius 2 is 1.76 bits per heavy atom. The van der Waals surface area contributed by atoms with Crippen LogP contribution >= 0.6 is 11.6 Å². The largest absolute Gasteiger partial charge is 0.478 e. The molecule has 0 atom stereocenters. The minimum atomic E-state index is -3.87. The van der Waals surface area contributed by atoms with Gasteiger partial charge in [-0.15, -0.1) is 0 Å². The van der Waals surface area contributed by atoms with Gasteiger partial charge in [0.25, 0.3) is 0 Å². The third kappa shape index (κ3) is 2.56. The van der Waals surface area contributed by atoms with Crippen LogP contribution in [0.15, 0.2) is 23.1 Å². The first-order valence-electron chi connectivity index (χ1n) is 6.46. The fourth-order valence-electron chi connectivity index (χ4n) is 2.55. The van der Waals surface area contributed by atoms with Crippen LogP contribution in [0.5, 0.6) is 0 Å². The zero-order valence-electron chi connectivity index (χ0n) is 12.3. The van der Waals surface area contributed by atoms with Crippen LogP contribution in [0.2, 0.25) is 5.02 Å². The molecule has 7 heteroatoms. The molecule has 1 fully saturated rings. The van der Waals surface area contributed by atoms with Gasteiger partial charge in [0.05, 0.1) is 10.6 Å². The third-order valence-corrected chi connectivity index (χ3v) is 6.67. The second-order valence-electron chi connectivity index (χ2n) is 6.45. The summed E-state index contributed by atoms with van der Waals surface area (Å²) < 4.78 is 27.6. The predicted molar refractivity (Wildman–Crippen MR) is 80.1 cm³/mol. The smallest absolute Gasteiger partial charge is 0.335 e. The lowest BCUT2D eigenvalue weighted by molar-refractivity contribution is 0.0696. The molecule has 0 radical (unpaired) electrons. The van der Waals surface area contributed by atoms with Crippen molar-refractivity contribution in [1.29, 1.82) is 0 Å². The summed E-state index contributed by atoms with van der Waals surface area (Å²) in [5, 5.41) is 8.97. The third-order valence-electron chi connectivity index (χ3n) is 4.76. The zero-order chi connectivity index (χ0) is 16.2. The highest BCUT2D eigenvalue weighted by Crippen LogP contribution is 2.63. The van der Waals surface area contributed by atoms with Crippen LogP contribution in [0.3, 0.4) is 0 Å². The highest BCUT2D eigenvalue weighted by Gasteiger charge is 2.66. The Kier molecular flexibility index (Phi) is 3.64. The predicted octanol–water partition coefficient (Wildman–Crippen LogP) is 2.75. The summed E-state index contributed by atoms with van der Waals surface area (Å²) in [6.45, 7) is 7.93. The van der Waals surface area contributed by atoms with Crippen LogP contribution in [-0.2, 0) is 10.0 Å². The number of carbonyl (C=O) groups is 1. The van der Waals surface area contributed by atoms with Gasteiger partial charge >= 0.3 is 5.97 Å². The Morgan fingerprint density at radius 3 is 2.19 bits per heavy atom. The van der Waals surface area contributed by atoms with Crippen molar-refractivity contribution in [3.63, 3.8) is 0 Å². The van der Waals surface area contributed by atoms with Gasteiger partial charge in [0.2, 0.25) is 10.0 Å². The lowest BCUT2D eigenvalue weighted by Gasteiger charge is -2.10. The zero-order valence-corrected chi connectivity index (χ0v) is 13.8. The van der Waals surface area contributed by atoms with Gasteiger partial charge in [0.1, 0.15) is 4.90 Å². The Hall–Kier alpha value is -1.11. The molecule has 1 aliphatic carbocycles. The number of halogens is 1. The van der Waals surface area contributed by atoms with Crippen LogP contribution in [-0.4, -0.2) is 25.5 Å². The summed E-state index contributed by atoms with van der Waals surface area (Å²) in [6.07, 6.45) is 0. The molecule has 0 bridgehead atoms. The van der Waals surface area contributed by atoms with Crippen LogP contribution < -0.4 is 4.72 Å². The molecule has 0 unspecified atom stereocenters. The first-order valence-corrected chi connectivity index (χ1v) is 8.32. The molecule has 1 aliphatic rings. The number of rotatable bonds is 4. The van der Waals surface area contributed by atoms with Crippen molar-refractivity contribution in [2.45, 2.75) is 38.6 Å². The van der Waals surface area contributed by atoms with E-state index >= 15 is 0 Å². The number of carboxylic acids is 1. The molecule has 2 N–H and O–H groups in total. The monoisotopic (exact) mass is 331 g/mol. The Balaban J connectivity index is 2.38. The molecular formula is C14H18ClNO4S. The number of carboxylic acid groups (broad SMARTS) is 1. The van der Waals surface area contributed by atoms with Crippen LogP contribution in [0.25, 0.3) is 0 Å². The number of benzene rings is 1. The number of nitrogens with one attached hydrogen (secondary N) is 1. The molecule has 0 aliphatic heterocycles. The fraction of sp³-hybridized carbons (Fsp3) is 0.500. The summed E-state index contributed by atoms with van der Waals surface area (Å²) >= 11 is 5.92. The normalized spacial score (nSPS) is 20.2. The number of hydrogen-bond acceptors (Lipinski definition) is 3. The maximum atomic E-state index is 12.5. The lowest BCUT2D eigenvalue weighted by Crippen LogP contribution is -2.30. The van der Waals surface area contributed by atoms with Crippen LogP contribution in [0, 0.1) is 10.8 Å². The SMILES string of the molecule is CC1(C)C(NS(=O)(=O)c2cc(C(=O)O)ccc2Cl)C1(C)C. The molecule has 0 heterocycles. The average molecular weight is 332 g/mol. The van der Waals surface area contributed by atoms with E-state index < -0.39 is 16.0 Å². The molecule has 5 nitrogen and oxygen atoms in total. The summed E-state index contributed by atoms with van der Waals surface area (Å²) in [5.74, 6) is -1.20. The molecule has 1 saturated carbocycles. The molecule has 2 rings (SSSR count). The molecule has 21 heavy (non-hydrogen) atoms. The van der Waals surface area contributed by atoms with E-state index in [4.69, 9.17) is 16.7 Å². The van der Waals surface area contributed by atoms with E-state index in [1.165, 1.54) is 12.1 Å². The van der Waals surface area contributed by atoms with Gasteiger partial charge in [-0.25, -0.2) is 17.9 Å². The van der Waals surface area contributed by atoms with Crippen molar-refractivity contribution in [1.82, 2.24) is 4.72 Å². The molecular weight excluding hydrogens is 314 g/mol. The lowest BCUT2D eigenvalue weighted by atomic mass is 10.0.